The molecule has 1 amide bonds. The molecule has 1 unspecified atom stereocenters. The highest BCUT2D eigenvalue weighted by Gasteiger charge is 2.03. The van der Waals surface area contributed by atoms with Crippen molar-refractivity contribution < 1.29 is 15.0 Å². The van der Waals surface area contributed by atoms with Crippen LogP contribution in [0.4, 0.5) is 0 Å². The molecular formula is C9H20N2O3. The van der Waals surface area contributed by atoms with E-state index >= 15 is 0 Å². The summed E-state index contributed by atoms with van der Waals surface area (Å²) in [5.74, 6) is -0.0800. The van der Waals surface area contributed by atoms with Gasteiger partial charge in [-0.3, -0.25) is 4.79 Å². The molecule has 0 fully saturated rings. The SMILES string of the molecule is CCCCNC(=O)CNCC(O)CO. The van der Waals surface area contributed by atoms with E-state index < -0.39 is 6.10 Å². The Bertz CT molecular complexity index is 153. The number of amides is 1. The van der Waals surface area contributed by atoms with E-state index in [-0.39, 0.29) is 25.6 Å². The molecule has 0 bridgehead atoms. The summed E-state index contributed by atoms with van der Waals surface area (Å²) in [6, 6.07) is 0. The molecule has 0 aromatic heterocycles. The fourth-order valence-corrected chi connectivity index (χ4v) is 0.884. The highest BCUT2D eigenvalue weighted by Crippen LogP contribution is 1.82. The number of unbranched alkanes of at least 4 members (excludes halogenated alkanes) is 1. The van der Waals surface area contributed by atoms with E-state index in [2.05, 4.69) is 17.6 Å². The molecule has 14 heavy (non-hydrogen) atoms. The lowest BCUT2D eigenvalue weighted by molar-refractivity contribution is -0.120. The van der Waals surface area contributed by atoms with Crippen molar-refractivity contribution in [3.63, 3.8) is 0 Å². The van der Waals surface area contributed by atoms with E-state index in [0.29, 0.717) is 6.54 Å². The zero-order valence-corrected chi connectivity index (χ0v) is 8.62. The van der Waals surface area contributed by atoms with Gasteiger partial charge in [-0.25, -0.2) is 0 Å². The smallest absolute Gasteiger partial charge is 0.233 e. The van der Waals surface area contributed by atoms with Gasteiger partial charge in [-0.15, -0.1) is 0 Å². The third-order valence-electron chi connectivity index (χ3n) is 1.73. The topological polar surface area (TPSA) is 81.6 Å². The monoisotopic (exact) mass is 204 g/mol. The van der Waals surface area contributed by atoms with Gasteiger partial charge in [0.1, 0.15) is 0 Å². The maximum absolute atomic E-state index is 11.1. The van der Waals surface area contributed by atoms with Gasteiger partial charge in [-0.1, -0.05) is 13.3 Å². The molecule has 0 saturated heterocycles. The molecule has 0 aromatic rings. The summed E-state index contributed by atoms with van der Waals surface area (Å²) >= 11 is 0. The zero-order valence-electron chi connectivity index (χ0n) is 8.62. The van der Waals surface area contributed by atoms with Crippen molar-refractivity contribution in [2.75, 3.05) is 26.2 Å². The zero-order chi connectivity index (χ0) is 10.8. The van der Waals surface area contributed by atoms with E-state index in [4.69, 9.17) is 10.2 Å². The van der Waals surface area contributed by atoms with E-state index in [9.17, 15) is 4.79 Å². The number of aliphatic hydroxyl groups excluding tert-OH is 2. The highest BCUT2D eigenvalue weighted by atomic mass is 16.3. The molecule has 5 heteroatoms. The van der Waals surface area contributed by atoms with Crippen LogP contribution in [-0.2, 0) is 4.79 Å². The number of carbonyl (C=O) groups is 1. The number of hydrogen-bond acceptors (Lipinski definition) is 4. The molecule has 5 nitrogen and oxygen atoms in total. The Labute approximate surface area is 84.5 Å². The van der Waals surface area contributed by atoms with Crippen molar-refractivity contribution >= 4 is 5.91 Å². The molecule has 0 spiro atoms. The lowest BCUT2D eigenvalue weighted by atomic mass is 10.3. The van der Waals surface area contributed by atoms with Crippen molar-refractivity contribution in [1.82, 2.24) is 10.6 Å². The maximum Gasteiger partial charge on any atom is 0.233 e. The molecule has 0 saturated carbocycles. The summed E-state index contributed by atoms with van der Waals surface area (Å²) in [7, 11) is 0. The summed E-state index contributed by atoms with van der Waals surface area (Å²) in [5, 5.41) is 22.9. The predicted octanol–water partition coefficient (Wildman–Crippen LogP) is -1.15. The summed E-state index contributed by atoms with van der Waals surface area (Å²) in [6.45, 7) is 2.88. The minimum absolute atomic E-state index is 0.0800. The Morgan fingerprint density at radius 1 is 1.50 bits per heavy atom. The molecule has 84 valence electrons. The third kappa shape index (κ3) is 7.97. The predicted molar refractivity (Wildman–Crippen MR) is 53.9 cm³/mol. The first-order valence-corrected chi connectivity index (χ1v) is 4.97. The van der Waals surface area contributed by atoms with Crippen molar-refractivity contribution in [2.24, 2.45) is 0 Å². The lowest BCUT2D eigenvalue weighted by Gasteiger charge is -2.08. The quantitative estimate of drug-likeness (QED) is 0.376. The fourth-order valence-electron chi connectivity index (χ4n) is 0.884. The van der Waals surface area contributed by atoms with E-state index in [1.54, 1.807) is 0 Å². The highest BCUT2D eigenvalue weighted by molar-refractivity contribution is 5.77. The van der Waals surface area contributed by atoms with Crippen LogP contribution in [0.25, 0.3) is 0 Å². The van der Waals surface area contributed by atoms with Crippen molar-refractivity contribution in [2.45, 2.75) is 25.9 Å². The van der Waals surface area contributed by atoms with Crippen LogP contribution in [-0.4, -0.2) is 48.5 Å². The Kier molecular flexibility index (Phi) is 8.51. The van der Waals surface area contributed by atoms with Crippen LogP contribution in [0.5, 0.6) is 0 Å². The minimum atomic E-state index is -0.793. The van der Waals surface area contributed by atoms with Gasteiger partial charge >= 0.3 is 0 Å². The van der Waals surface area contributed by atoms with Gasteiger partial charge in [0.25, 0.3) is 0 Å². The summed E-state index contributed by atoms with van der Waals surface area (Å²) in [4.78, 5) is 11.1. The molecular weight excluding hydrogens is 184 g/mol. The van der Waals surface area contributed by atoms with Crippen molar-refractivity contribution in [1.29, 1.82) is 0 Å². The summed E-state index contributed by atoms with van der Waals surface area (Å²) in [5.41, 5.74) is 0. The van der Waals surface area contributed by atoms with Crippen LogP contribution in [0, 0.1) is 0 Å². The van der Waals surface area contributed by atoms with Crippen LogP contribution in [0.15, 0.2) is 0 Å². The molecule has 0 aliphatic heterocycles. The molecule has 1 atom stereocenters. The Morgan fingerprint density at radius 2 is 2.21 bits per heavy atom. The standard InChI is InChI=1S/C9H20N2O3/c1-2-3-4-11-9(14)6-10-5-8(13)7-12/h8,10,12-13H,2-7H2,1H3,(H,11,14). The number of hydrogen-bond donors (Lipinski definition) is 4. The van der Waals surface area contributed by atoms with Crippen molar-refractivity contribution in [3.05, 3.63) is 0 Å². The van der Waals surface area contributed by atoms with Gasteiger partial charge in [-0.2, -0.15) is 0 Å². The van der Waals surface area contributed by atoms with Gasteiger partial charge in [0.15, 0.2) is 0 Å². The summed E-state index contributed by atoms with van der Waals surface area (Å²) < 4.78 is 0. The Morgan fingerprint density at radius 3 is 2.79 bits per heavy atom. The molecule has 0 heterocycles. The van der Waals surface area contributed by atoms with Gasteiger partial charge < -0.3 is 20.8 Å². The first-order valence-electron chi connectivity index (χ1n) is 4.97. The minimum Gasteiger partial charge on any atom is -0.394 e. The first-order chi connectivity index (χ1) is 6.70. The van der Waals surface area contributed by atoms with Gasteiger partial charge in [0.05, 0.1) is 19.3 Å². The second-order valence-electron chi connectivity index (χ2n) is 3.17. The first kappa shape index (κ1) is 13.4. The average Bonchev–Trinajstić information content (AvgIpc) is 2.18. The Balaban J connectivity index is 3.26. The molecule has 0 radical (unpaired) electrons. The molecule has 0 aliphatic carbocycles. The molecule has 0 rings (SSSR count). The van der Waals surface area contributed by atoms with Gasteiger partial charge in [0, 0.05) is 13.1 Å². The number of rotatable bonds is 8. The van der Waals surface area contributed by atoms with Crippen molar-refractivity contribution in [3.8, 4) is 0 Å². The lowest BCUT2D eigenvalue weighted by Crippen LogP contribution is -2.38. The maximum atomic E-state index is 11.1. The average molecular weight is 204 g/mol. The van der Waals surface area contributed by atoms with Crippen LogP contribution in [0.1, 0.15) is 19.8 Å². The Hall–Kier alpha value is -0.650. The second-order valence-corrected chi connectivity index (χ2v) is 3.17. The largest absolute Gasteiger partial charge is 0.394 e. The third-order valence-corrected chi connectivity index (χ3v) is 1.73. The molecule has 0 aromatic carbocycles. The fraction of sp³-hybridized carbons (Fsp3) is 0.889. The number of nitrogens with one attached hydrogen (secondary N) is 2. The van der Waals surface area contributed by atoms with Crippen LogP contribution in [0.3, 0.4) is 0 Å². The van der Waals surface area contributed by atoms with Crippen LogP contribution in [0.2, 0.25) is 0 Å². The van der Waals surface area contributed by atoms with E-state index in [1.807, 2.05) is 0 Å². The number of aliphatic hydroxyl groups is 2. The van der Waals surface area contributed by atoms with E-state index in [1.165, 1.54) is 0 Å². The van der Waals surface area contributed by atoms with Crippen LogP contribution < -0.4 is 10.6 Å². The van der Waals surface area contributed by atoms with Gasteiger partial charge in [0.2, 0.25) is 5.91 Å². The van der Waals surface area contributed by atoms with Crippen LogP contribution >= 0.6 is 0 Å². The second kappa shape index (κ2) is 8.93. The summed E-state index contributed by atoms with van der Waals surface area (Å²) in [6.07, 6.45) is 1.24. The number of carbonyl (C=O) groups excluding carboxylic acids is 1. The molecule has 4 N–H and O–H groups in total. The van der Waals surface area contributed by atoms with E-state index in [0.717, 1.165) is 12.8 Å². The normalized spacial score (nSPS) is 12.5. The molecule has 0 aliphatic rings. The van der Waals surface area contributed by atoms with Gasteiger partial charge in [-0.05, 0) is 6.42 Å².